The van der Waals surface area contributed by atoms with Crippen LogP contribution in [0.2, 0.25) is 0 Å². The first kappa shape index (κ1) is 18.2. The summed E-state index contributed by atoms with van der Waals surface area (Å²) in [5.41, 5.74) is 1.08. The molecule has 0 heterocycles. The molecule has 0 saturated carbocycles. The van der Waals surface area contributed by atoms with E-state index in [1.807, 2.05) is 18.2 Å². The third-order valence-electron chi connectivity index (χ3n) is 3.75. The van der Waals surface area contributed by atoms with Gasteiger partial charge in [-0.05, 0) is 43.0 Å². The highest BCUT2D eigenvalue weighted by molar-refractivity contribution is 7.90. The van der Waals surface area contributed by atoms with E-state index in [1.54, 1.807) is 6.07 Å². The van der Waals surface area contributed by atoms with E-state index in [0.717, 1.165) is 24.9 Å². The Labute approximate surface area is 130 Å². The lowest BCUT2D eigenvalue weighted by molar-refractivity contribution is 0.390. The molecule has 1 N–H and O–H groups in total. The molecule has 0 aliphatic heterocycles. The average Bonchev–Trinajstić information content (AvgIpc) is 2.43. The molecule has 0 radical (unpaired) electrons. The third kappa shape index (κ3) is 6.18. The first-order valence-corrected chi connectivity index (χ1v) is 9.81. The molecule has 0 aliphatic rings. The molecule has 2 unspecified atom stereocenters. The Morgan fingerprint density at radius 1 is 1.19 bits per heavy atom. The summed E-state index contributed by atoms with van der Waals surface area (Å²) in [7, 11) is -3.15. The molecule has 0 aliphatic carbocycles. The van der Waals surface area contributed by atoms with Gasteiger partial charge in [0, 0.05) is 12.3 Å². The summed E-state index contributed by atoms with van der Waals surface area (Å²) >= 11 is 0. The normalized spacial score (nSPS) is 14.9. The van der Waals surface area contributed by atoms with Crippen LogP contribution in [0.3, 0.4) is 0 Å². The minimum atomic E-state index is -3.15. The molecule has 0 amide bonds. The van der Waals surface area contributed by atoms with Gasteiger partial charge in [0.1, 0.15) is 0 Å². The van der Waals surface area contributed by atoms with Crippen molar-refractivity contribution in [2.24, 2.45) is 5.92 Å². The minimum absolute atomic E-state index is 0.230. The van der Waals surface area contributed by atoms with E-state index < -0.39 is 9.84 Å². The fourth-order valence-corrected chi connectivity index (χ4v) is 3.31. The number of hydrogen-bond donors (Lipinski definition) is 1. The Morgan fingerprint density at radius 2 is 1.90 bits per heavy atom. The van der Waals surface area contributed by atoms with E-state index in [4.69, 9.17) is 0 Å². The van der Waals surface area contributed by atoms with Crippen LogP contribution >= 0.6 is 0 Å². The molecule has 1 rings (SSSR count). The van der Waals surface area contributed by atoms with E-state index in [0.29, 0.717) is 10.8 Å². The van der Waals surface area contributed by atoms with E-state index in [9.17, 15) is 8.42 Å². The number of benzene rings is 1. The maximum atomic E-state index is 11.7. The SMILES string of the molecule is CCCNC(CC(C)CCC)c1cccc(S(C)(=O)=O)c1. The summed E-state index contributed by atoms with van der Waals surface area (Å²) in [6, 6.07) is 7.59. The monoisotopic (exact) mass is 311 g/mol. The Hall–Kier alpha value is -0.870. The molecule has 0 aromatic heterocycles. The second kappa shape index (κ2) is 8.54. The van der Waals surface area contributed by atoms with Crippen LogP contribution in [-0.4, -0.2) is 21.2 Å². The second-order valence-electron chi connectivity index (χ2n) is 5.98. The number of rotatable bonds is 9. The molecule has 0 bridgehead atoms. The van der Waals surface area contributed by atoms with E-state index in [-0.39, 0.29) is 6.04 Å². The topological polar surface area (TPSA) is 46.2 Å². The smallest absolute Gasteiger partial charge is 0.175 e. The Morgan fingerprint density at radius 3 is 2.48 bits per heavy atom. The van der Waals surface area contributed by atoms with Crippen molar-refractivity contribution < 1.29 is 8.42 Å². The van der Waals surface area contributed by atoms with Crippen molar-refractivity contribution in [2.75, 3.05) is 12.8 Å². The largest absolute Gasteiger partial charge is 0.310 e. The van der Waals surface area contributed by atoms with E-state index in [1.165, 1.54) is 19.1 Å². The summed E-state index contributed by atoms with van der Waals surface area (Å²) in [4.78, 5) is 0.409. The zero-order valence-corrected chi connectivity index (χ0v) is 14.5. The first-order chi connectivity index (χ1) is 9.88. The van der Waals surface area contributed by atoms with Crippen molar-refractivity contribution in [3.05, 3.63) is 29.8 Å². The highest BCUT2D eigenvalue weighted by atomic mass is 32.2. The lowest BCUT2D eigenvalue weighted by Crippen LogP contribution is -2.24. The predicted octanol–water partition coefficient (Wildman–Crippen LogP) is 3.96. The van der Waals surface area contributed by atoms with Gasteiger partial charge in [0.25, 0.3) is 0 Å². The molecule has 2 atom stereocenters. The summed E-state index contributed by atoms with van der Waals surface area (Å²) in [6.45, 7) is 7.57. The van der Waals surface area contributed by atoms with Crippen LogP contribution in [0.15, 0.2) is 29.2 Å². The van der Waals surface area contributed by atoms with E-state index >= 15 is 0 Å². The molecular weight excluding hydrogens is 282 g/mol. The van der Waals surface area contributed by atoms with Gasteiger partial charge in [-0.25, -0.2) is 8.42 Å². The van der Waals surface area contributed by atoms with Gasteiger partial charge < -0.3 is 5.32 Å². The molecule has 1 aromatic carbocycles. The van der Waals surface area contributed by atoms with Gasteiger partial charge >= 0.3 is 0 Å². The molecule has 21 heavy (non-hydrogen) atoms. The fraction of sp³-hybridized carbons (Fsp3) is 0.647. The summed E-state index contributed by atoms with van der Waals surface area (Å²) in [5.74, 6) is 0.631. The van der Waals surface area contributed by atoms with Gasteiger partial charge in [0.05, 0.1) is 4.90 Å². The molecule has 4 heteroatoms. The van der Waals surface area contributed by atoms with Crippen molar-refractivity contribution in [1.82, 2.24) is 5.32 Å². The zero-order valence-electron chi connectivity index (χ0n) is 13.7. The van der Waals surface area contributed by atoms with E-state index in [2.05, 4.69) is 26.1 Å². The molecule has 3 nitrogen and oxygen atoms in total. The van der Waals surface area contributed by atoms with Crippen LogP contribution in [0.5, 0.6) is 0 Å². The number of hydrogen-bond acceptors (Lipinski definition) is 3. The summed E-state index contributed by atoms with van der Waals surface area (Å²) in [5, 5.41) is 3.56. The molecule has 0 saturated heterocycles. The maximum Gasteiger partial charge on any atom is 0.175 e. The molecule has 120 valence electrons. The Bertz CT molecular complexity index is 525. The van der Waals surface area contributed by atoms with Gasteiger partial charge in [-0.3, -0.25) is 0 Å². The average molecular weight is 311 g/mol. The van der Waals surface area contributed by atoms with Crippen LogP contribution in [0.4, 0.5) is 0 Å². The third-order valence-corrected chi connectivity index (χ3v) is 4.86. The van der Waals surface area contributed by atoms with Crippen molar-refractivity contribution in [3.8, 4) is 0 Å². The van der Waals surface area contributed by atoms with Crippen LogP contribution in [0, 0.1) is 5.92 Å². The molecular formula is C17H29NO2S. The molecule has 1 aromatic rings. The Kier molecular flexibility index (Phi) is 7.40. The highest BCUT2D eigenvalue weighted by Gasteiger charge is 2.16. The van der Waals surface area contributed by atoms with Crippen LogP contribution in [-0.2, 0) is 9.84 Å². The first-order valence-electron chi connectivity index (χ1n) is 7.91. The predicted molar refractivity (Wildman–Crippen MR) is 89.3 cm³/mol. The molecule has 0 spiro atoms. The van der Waals surface area contributed by atoms with Crippen molar-refractivity contribution in [3.63, 3.8) is 0 Å². The minimum Gasteiger partial charge on any atom is -0.310 e. The van der Waals surface area contributed by atoms with Crippen LogP contribution in [0.1, 0.15) is 58.1 Å². The van der Waals surface area contributed by atoms with Gasteiger partial charge in [-0.2, -0.15) is 0 Å². The summed E-state index contributed by atoms with van der Waals surface area (Å²) in [6.07, 6.45) is 5.77. The quantitative estimate of drug-likeness (QED) is 0.751. The van der Waals surface area contributed by atoms with Crippen molar-refractivity contribution in [2.45, 2.75) is 57.4 Å². The second-order valence-corrected chi connectivity index (χ2v) is 8.00. The number of sulfone groups is 1. The van der Waals surface area contributed by atoms with Crippen molar-refractivity contribution >= 4 is 9.84 Å². The molecule has 0 fully saturated rings. The van der Waals surface area contributed by atoms with Gasteiger partial charge in [-0.1, -0.05) is 45.7 Å². The van der Waals surface area contributed by atoms with Gasteiger partial charge in [0.2, 0.25) is 0 Å². The zero-order chi connectivity index (χ0) is 15.9. The standard InChI is InChI=1S/C17H29NO2S/c1-5-8-14(3)12-17(18-11-6-2)15-9-7-10-16(13-15)21(4,19)20/h7,9-10,13-14,17-18H,5-6,8,11-12H2,1-4H3. The van der Waals surface area contributed by atoms with Crippen molar-refractivity contribution in [1.29, 1.82) is 0 Å². The summed E-state index contributed by atoms with van der Waals surface area (Å²) < 4.78 is 23.5. The lowest BCUT2D eigenvalue weighted by Gasteiger charge is -2.23. The Balaban J connectivity index is 2.96. The van der Waals surface area contributed by atoms with Crippen LogP contribution < -0.4 is 5.32 Å². The highest BCUT2D eigenvalue weighted by Crippen LogP contribution is 2.25. The van der Waals surface area contributed by atoms with Gasteiger partial charge in [0.15, 0.2) is 9.84 Å². The van der Waals surface area contributed by atoms with Crippen LogP contribution in [0.25, 0.3) is 0 Å². The lowest BCUT2D eigenvalue weighted by atomic mass is 9.93. The van der Waals surface area contributed by atoms with Gasteiger partial charge in [-0.15, -0.1) is 0 Å². The number of nitrogens with one attached hydrogen (secondary N) is 1. The fourth-order valence-electron chi connectivity index (χ4n) is 2.63. The maximum absolute atomic E-state index is 11.7.